The summed E-state index contributed by atoms with van der Waals surface area (Å²) in [4.78, 5) is 0. The van der Waals surface area contributed by atoms with E-state index < -0.39 is 149 Å². The molecule has 14 N–H and O–H groups in total. The van der Waals surface area contributed by atoms with Crippen LogP contribution in [0, 0.1) is 0 Å². The molecule has 0 saturated carbocycles. The van der Waals surface area contributed by atoms with E-state index in [0.29, 0.717) is 0 Å². The van der Waals surface area contributed by atoms with E-state index >= 15 is 0 Å². The van der Waals surface area contributed by atoms with Crippen LogP contribution >= 0.6 is 0 Å². The van der Waals surface area contributed by atoms with Crippen molar-refractivity contribution in [2.45, 2.75) is 123 Å². The fraction of sp³-hybridized carbons (Fsp3) is 1.00. The maximum Gasteiger partial charge on any atom is 0.187 e. The van der Waals surface area contributed by atoms with Crippen LogP contribution in [0.25, 0.3) is 0 Å². The highest BCUT2D eigenvalue weighted by Gasteiger charge is 2.54. The number of ether oxygens (including phenoxy) is 7. The van der Waals surface area contributed by atoms with Crippen molar-refractivity contribution >= 4 is 0 Å². The second-order valence-electron chi connectivity index (χ2n) is 11.2. The Kier molecular flexibility index (Phi) is 12.8. The van der Waals surface area contributed by atoms with Crippen LogP contribution in [0.3, 0.4) is 0 Å². The van der Waals surface area contributed by atoms with E-state index in [9.17, 15) is 66.4 Å². The lowest BCUT2D eigenvalue weighted by Crippen LogP contribution is -2.66. The summed E-state index contributed by atoms with van der Waals surface area (Å²) in [5.41, 5.74) is 0. The second kappa shape index (κ2) is 15.6. The van der Waals surface area contributed by atoms with Gasteiger partial charge < -0.3 is 105 Å². The zero-order valence-corrected chi connectivity index (χ0v) is 23.5. The molecule has 4 rings (SSSR count). The quantitative estimate of drug-likeness (QED) is 0.0973. The summed E-state index contributed by atoms with van der Waals surface area (Å²) in [7, 11) is 0. The van der Waals surface area contributed by atoms with Crippen LogP contribution in [0.2, 0.25) is 0 Å². The maximum atomic E-state index is 11.1. The van der Waals surface area contributed by atoms with Crippen molar-refractivity contribution in [3.63, 3.8) is 0 Å². The van der Waals surface area contributed by atoms with Crippen molar-refractivity contribution in [2.24, 2.45) is 0 Å². The van der Waals surface area contributed by atoms with Crippen molar-refractivity contribution in [3.8, 4) is 0 Å². The van der Waals surface area contributed by atoms with Gasteiger partial charge in [0.05, 0.1) is 26.4 Å². The number of hydrogen-bond donors (Lipinski definition) is 14. The molecule has 0 aromatic rings. The molecule has 4 heterocycles. The zero-order valence-electron chi connectivity index (χ0n) is 23.5. The summed E-state index contributed by atoms with van der Waals surface area (Å²) in [5, 5.41) is 142. The molecule has 0 spiro atoms. The van der Waals surface area contributed by atoms with Gasteiger partial charge in [0.2, 0.25) is 0 Å². The smallest absolute Gasteiger partial charge is 0.187 e. The lowest BCUT2D eigenvalue weighted by Gasteiger charge is -2.48. The SMILES string of the molecule is OC[C@@H](O)[C@@H]1O[C@@H](OC[C@H]2O[C@H](O[C@H]3[C@@H](O)[C@H](O)[C@@H](CO)O[C@@H]3O)[C@@H](O)[C@@H](O[C@H]3O[C@H](CO)[C@@H](O)[C@H](O)[C@@H]3O)[C@@H]2O)[C@H](O)[C@H]1O. The Labute approximate surface area is 254 Å². The van der Waals surface area contributed by atoms with Gasteiger partial charge in [0, 0.05) is 0 Å². The van der Waals surface area contributed by atoms with Crippen molar-refractivity contribution in [1.82, 2.24) is 0 Å². The molecule has 4 saturated heterocycles. The highest BCUT2D eigenvalue weighted by molar-refractivity contribution is 4.97. The summed E-state index contributed by atoms with van der Waals surface area (Å²) >= 11 is 0. The lowest BCUT2D eigenvalue weighted by molar-refractivity contribution is -0.384. The fourth-order valence-electron chi connectivity index (χ4n) is 5.44. The van der Waals surface area contributed by atoms with Crippen LogP contribution in [-0.2, 0) is 33.2 Å². The highest BCUT2D eigenvalue weighted by atomic mass is 16.8. The van der Waals surface area contributed by atoms with Crippen molar-refractivity contribution < 1.29 is 105 Å². The first-order valence-corrected chi connectivity index (χ1v) is 14.1. The summed E-state index contributed by atoms with van der Waals surface area (Å²) < 4.78 is 37.7. The van der Waals surface area contributed by atoms with Crippen LogP contribution in [0.4, 0.5) is 0 Å². The average molecular weight is 667 g/mol. The number of aliphatic hydroxyl groups excluding tert-OH is 14. The predicted octanol–water partition coefficient (Wildman–Crippen LogP) is -9.75. The number of rotatable bonds is 11. The summed E-state index contributed by atoms with van der Waals surface area (Å²) in [6, 6.07) is 0. The molecule has 264 valence electrons. The van der Waals surface area contributed by atoms with E-state index in [4.69, 9.17) is 38.3 Å². The van der Waals surface area contributed by atoms with Gasteiger partial charge in [-0.25, -0.2) is 0 Å². The van der Waals surface area contributed by atoms with Gasteiger partial charge in [0.1, 0.15) is 97.7 Å². The number of hydrogen-bond acceptors (Lipinski definition) is 21. The molecular weight excluding hydrogens is 624 g/mol. The third-order valence-corrected chi connectivity index (χ3v) is 8.16. The predicted molar refractivity (Wildman–Crippen MR) is 134 cm³/mol. The van der Waals surface area contributed by atoms with E-state index in [0.717, 1.165) is 0 Å². The third-order valence-electron chi connectivity index (χ3n) is 8.16. The summed E-state index contributed by atoms with van der Waals surface area (Å²) in [5.74, 6) is 0. The molecule has 4 aliphatic rings. The highest BCUT2D eigenvalue weighted by Crippen LogP contribution is 2.33. The van der Waals surface area contributed by atoms with Crippen LogP contribution in [0.1, 0.15) is 0 Å². The fourth-order valence-corrected chi connectivity index (χ4v) is 5.44. The first-order chi connectivity index (χ1) is 21.2. The minimum atomic E-state index is -2.06. The van der Waals surface area contributed by atoms with Crippen LogP contribution in [0.15, 0.2) is 0 Å². The van der Waals surface area contributed by atoms with Crippen LogP contribution in [-0.4, -0.2) is 221 Å². The van der Waals surface area contributed by atoms with E-state index in [2.05, 4.69) is 0 Å². The van der Waals surface area contributed by atoms with E-state index in [-0.39, 0.29) is 0 Å². The Morgan fingerprint density at radius 1 is 0.489 bits per heavy atom. The molecule has 21 heteroatoms. The molecule has 0 radical (unpaired) electrons. The largest absolute Gasteiger partial charge is 0.394 e. The Hall–Kier alpha value is -0.840. The van der Waals surface area contributed by atoms with Crippen LogP contribution in [0.5, 0.6) is 0 Å². The van der Waals surface area contributed by atoms with E-state index in [1.165, 1.54) is 0 Å². The Bertz CT molecular complexity index is 916. The van der Waals surface area contributed by atoms with Gasteiger partial charge in [-0.2, -0.15) is 0 Å². The zero-order chi connectivity index (χ0) is 33.3. The Balaban J connectivity index is 1.54. The van der Waals surface area contributed by atoms with Gasteiger partial charge in [-0.15, -0.1) is 0 Å². The summed E-state index contributed by atoms with van der Waals surface area (Å²) in [6.45, 7) is -3.18. The number of aliphatic hydroxyl groups is 14. The average Bonchev–Trinajstić information content (AvgIpc) is 3.31. The second-order valence-corrected chi connectivity index (χ2v) is 11.2. The lowest BCUT2D eigenvalue weighted by atomic mass is 9.96. The molecular formula is C24H42O21. The molecule has 0 amide bonds. The molecule has 0 aromatic carbocycles. The van der Waals surface area contributed by atoms with Gasteiger partial charge in [0.15, 0.2) is 25.2 Å². The van der Waals surface area contributed by atoms with Crippen molar-refractivity contribution in [2.75, 3.05) is 26.4 Å². The van der Waals surface area contributed by atoms with Gasteiger partial charge in [-0.05, 0) is 0 Å². The summed E-state index contributed by atoms with van der Waals surface area (Å²) in [6.07, 6.45) is -35.4. The first-order valence-electron chi connectivity index (χ1n) is 14.1. The monoisotopic (exact) mass is 666 g/mol. The molecule has 4 aliphatic heterocycles. The first kappa shape index (κ1) is 37.0. The molecule has 4 fully saturated rings. The minimum absolute atomic E-state index is 0.736. The molecule has 0 aromatic heterocycles. The minimum Gasteiger partial charge on any atom is -0.394 e. The van der Waals surface area contributed by atoms with Gasteiger partial charge in [-0.3, -0.25) is 0 Å². The topological polar surface area (TPSA) is 348 Å². The standard InChI is InChI=1S/C24H42O21/c25-1-5(28)18-14(34)16(36)22(43-18)39-4-8-11(31)19(44-23-15(35)12(32)9(29)7(3-27)41-23)17(37)24(42-8)45-20-13(33)10(30)6(2-26)40-21(20)38/h5-38H,1-4H2/t5-,6-,7-,8-,9-,10-,11-,12+,13+,14-,15+,16-,17+,18+,19+,20+,21+,22-,23-,24-/m1/s1. The van der Waals surface area contributed by atoms with E-state index in [1.807, 2.05) is 0 Å². The van der Waals surface area contributed by atoms with Crippen molar-refractivity contribution in [3.05, 3.63) is 0 Å². The normalized spacial score (nSPS) is 51.7. The van der Waals surface area contributed by atoms with Crippen LogP contribution < -0.4 is 0 Å². The van der Waals surface area contributed by atoms with E-state index in [1.54, 1.807) is 0 Å². The third kappa shape index (κ3) is 7.59. The Morgan fingerprint density at radius 3 is 1.64 bits per heavy atom. The van der Waals surface area contributed by atoms with Gasteiger partial charge in [0.25, 0.3) is 0 Å². The molecule has 0 aliphatic carbocycles. The molecule has 0 unspecified atom stereocenters. The van der Waals surface area contributed by atoms with Crippen molar-refractivity contribution in [1.29, 1.82) is 0 Å². The maximum absolute atomic E-state index is 11.1. The van der Waals surface area contributed by atoms with Gasteiger partial charge in [-0.1, -0.05) is 0 Å². The Morgan fingerprint density at radius 2 is 1.02 bits per heavy atom. The molecule has 21 nitrogen and oxygen atoms in total. The molecule has 20 atom stereocenters. The molecule has 0 bridgehead atoms. The molecule has 45 heavy (non-hydrogen) atoms. The van der Waals surface area contributed by atoms with Gasteiger partial charge >= 0.3 is 0 Å².